The third-order valence-electron chi connectivity index (χ3n) is 2.28. The van der Waals surface area contributed by atoms with Crippen molar-refractivity contribution >= 4 is 5.91 Å². The highest BCUT2D eigenvalue weighted by atomic mass is 16.3. The van der Waals surface area contributed by atoms with Crippen LogP contribution in [0.2, 0.25) is 0 Å². The van der Waals surface area contributed by atoms with Crippen LogP contribution in [0.5, 0.6) is 0 Å². The predicted molar refractivity (Wildman–Crippen MR) is 58.1 cm³/mol. The first kappa shape index (κ1) is 11.8. The van der Waals surface area contributed by atoms with Gasteiger partial charge in [-0.05, 0) is 31.5 Å². The molecule has 3 N–H and O–H groups in total. The Hall–Kier alpha value is -1.29. The highest BCUT2D eigenvalue weighted by Crippen LogP contribution is 2.12. The van der Waals surface area contributed by atoms with E-state index < -0.39 is 0 Å². The number of hydrogen-bond donors (Lipinski definition) is 2. The number of rotatable bonds is 5. The molecule has 15 heavy (non-hydrogen) atoms. The van der Waals surface area contributed by atoms with Crippen molar-refractivity contribution in [2.45, 2.75) is 26.3 Å². The molecule has 0 aromatic carbocycles. The molecule has 1 rings (SSSR count). The molecule has 0 radical (unpaired) electrons. The van der Waals surface area contributed by atoms with Gasteiger partial charge < -0.3 is 15.5 Å². The molecule has 0 saturated heterocycles. The lowest BCUT2D eigenvalue weighted by molar-refractivity contribution is -0.122. The molecule has 0 aliphatic rings. The van der Waals surface area contributed by atoms with Gasteiger partial charge in [0, 0.05) is 6.42 Å². The number of amides is 1. The smallest absolute Gasteiger partial charge is 0.220 e. The molecule has 2 atom stereocenters. The Balaban J connectivity index is 2.38. The van der Waals surface area contributed by atoms with Crippen LogP contribution in [0.15, 0.2) is 22.8 Å². The van der Waals surface area contributed by atoms with E-state index in [1.807, 2.05) is 19.9 Å². The quantitative estimate of drug-likeness (QED) is 0.772. The first-order chi connectivity index (χ1) is 7.13. The van der Waals surface area contributed by atoms with E-state index in [1.54, 1.807) is 12.3 Å². The normalized spacial score (nSPS) is 14.6. The summed E-state index contributed by atoms with van der Waals surface area (Å²) in [6.07, 6.45) is 2.06. The van der Waals surface area contributed by atoms with Crippen LogP contribution >= 0.6 is 0 Å². The number of carbonyl (C=O) groups is 1. The molecular weight excluding hydrogens is 192 g/mol. The fraction of sp³-hybridized carbons (Fsp3) is 0.545. The Labute approximate surface area is 89.8 Å². The van der Waals surface area contributed by atoms with E-state index in [9.17, 15) is 4.79 Å². The van der Waals surface area contributed by atoms with Crippen molar-refractivity contribution in [2.24, 2.45) is 11.7 Å². The van der Waals surface area contributed by atoms with E-state index >= 15 is 0 Å². The molecule has 1 unspecified atom stereocenters. The lowest BCUT2D eigenvalue weighted by Gasteiger charge is -2.13. The Bertz CT molecular complexity index is 296. The summed E-state index contributed by atoms with van der Waals surface area (Å²) in [5.41, 5.74) is 5.45. The summed E-state index contributed by atoms with van der Waals surface area (Å²) in [6.45, 7) is 4.38. The average Bonchev–Trinajstić information content (AvgIpc) is 2.70. The Kier molecular flexibility index (Phi) is 4.37. The summed E-state index contributed by atoms with van der Waals surface area (Å²) in [6, 6.07) is 3.56. The predicted octanol–water partition coefficient (Wildman–Crippen LogP) is 1.44. The molecule has 1 amide bonds. The summed E-state index contributed by atoms with van der Waals surface area (Å²) in [7, 11) is 0. The zero-order valence-corrected chi connectivity index (χ0v) is 9.19. The van der Waals surface area contributed by atoms with Gasteiger partial charge in [-0.2, -0.15) is 0 Å². The highest BCUT2D eigenvalue weighted by Gasteiger charge is 2.13. The molecule has 0 saturated carbocycles. The minimum absolute atomic E-state index is 0.0110. The summed E-state index contributed by atoms with van der Waals surface area (Å²) in [5.74, 6) is 0.995. The minimum Gasteiger partial charge on any atom is -0.467 e. The second-order valence-corrected chi connectivity index (χ2v) is 3.85. The highest BCUT2D eigenvalue weighted by molar-refractivity contribution is 5.76. The van der Waals surface area contributed by atoms with E-state index in [0.29, 0.717) is 13.0 Å². The van der Waals surface area contributed by atoms with Crippen LogP contribution < -0.4 is 11.1 Å². The first-order valence-electron chi connectivity index (χ1n) is 5.16. The molecule has 0 aliphatic carbocycles. The Morgan fingerprint density at radius 2 is 2.33 bits per heavy atom. The Morgan fingerprint density at radius 3 is 2.87 bits per heavy atom. The van der Waals surface area contributed by atoms with Gasteiger partial charge in [-0.1, -0.05) is 6.92 Å². The fourth-order valence-electron chi connectivity index (χ4n) is 1.31. The zero-order valence-electron chi connectivity index (χ0n) is 9.19. The maximum absolute atomic E-state index is 11.5. The van der Waals surface area contributed by atoms with E-state index in [1.165, 1.54) is 0 Å². The number of furan rings is 1. The van der Waals surface area contributed by atoms with Crippen molar-refractivity contribution in [2.75, 3.05) is 6.54 Å². The summed E-state index contributed by atoms with van der Waals surface area (Å²) in [5, 5.41) is 2.86. The molecule has 1 heterocycles. The van der Waals surface area contributed by atoms with Crippen LogP contribution in [0.3, 0.4) is 0 Å². The second kappa shape index (κ2) is 5.56. The summed E-state index contributed by atoms with van der Waals surface area (Å²) < 4.78 is 5.19. The largest absolute Gasteiger partial charge is 0.467 e. The molecule has 84 valence electrons. The van der Waals surface area contributed by atoms with Gasteiger partial charge in [-0.3, -0.25) is 4.79 Å². The second-order valence-electron chi connectivity index (χ2n) is 3.85. The van der Waals surface area contributed by atoms with Crippen molar-refractivity contribution < 1.29 is 9.21 Å². The number of carbonyl (C=O) groups excluding carboxylic acids is 1. The lowest BCUT2D eigenvalue weighted by Crippen LogP contribution is -2.29. The van der Waals surface area contributed by atoms with Crippen molar-refractivity contribution in [3.8, 4) is 0 Å². The van der Waals surface area contributed by atoms with Crippen LogP contribution in [-0.2, 0) is 4.79 Å². The molecule has 4 nitrogen and oxygen atoms in total. The zero-order chi connectivity index (χ0) is 11.3. The van der Waals surface area contributed by atoms with Crippen molar-refractivity contribution in [3.63, 3.8) is 0 Å². The lowest BCUT2D eigenvalue weighted by atomic mass is 10.1. The summed E-state index contributed by atoms with van der Waals surface area (Å²) >= 11 is 0. The van der Waals surface area contributed by atoms with Crippen LogP contribution in [0, 0.1) is 5.92 Å². The molecule has 4 heteroatoms. The van der Waals surface area contributed by atoms with Crippen LogP contribution in [-0.4, -0.2) is 12.5 Å². The molecule has 0 fully saturated rings. The van der Waals surface area contributed by atoms with Gasteiger partial charge in [0.15, 0.2) is 0 Å². The number of nitrogens with one attached hydrogen (secondary N) is 1. The van der Waals surface area contributed by atoms with Gasteiger partial charge in [0.1, 0.15) is 5.76 Å². The number of hydrogen-bond acceptors (Lipinski definition) is 3. The van der Waals surface area contributed by atoms with Crippen LogP contribution in [0.25, 0.3) is 0 Å². The topological polar surface area (TPSA) is 68.3 Å². The molecule has 0 bridgehead atoms. The third kappa shape index (κ3) is 3.75. The van der Waals surface area contributed by atoms with Gasteiger partial charge >= 0.3 is 0 Å². The first-order valence-corrected chi connectivity index (χ1v) is 5.16. The SMILES string of the molecule is CC(CN)CC(=O)N[C@@H](C)c1ccco1. The molecule has 0 aliphatic heterocycles. The van der Waals surface area contributed by atoms with Gasteiger partial charge in [-0.15, -0.1) is 0 Å². The van der Waals surface area contributed by atoms with Gasteiger partial charge in [0.05, 0.1) is 12.3 Å². The van der Waals surface area contributed by atoms with E-state index in [-0.39, 0.29) is 17.9 Å². The van der Waals surface area contributed by atoms with Crippen LogP contribution in [0.4, 0.5) is 0 Å². The monoisotopic (exact) mass is 210 g/mol. The Morgan fingerprint density at radius 1 is 1.60 bits per heavy atom. The molecule has 1 aromatic heterocycles. The molecular formula is C11H18N2O2. The van der Waals surface area contributed by atoms with Crippen LogP contribution in [0.1, 0.15) is 32.1 Å². The van der Waals surface area contributed by atoms with Gasteiger partial charge in [-0.25, -0.2) is 0 Å². The molecule has 0 spiro atoms. The fourth-order valence-corrected chi connectivity index (χ4v) is 1.31. The average molecular weight is 210 g/mol. The summed E-state index contributed by atoms with van der Waals surface area (Å²) in [4.78, 5) is 11.5. The van der Waals surface area contributed by atoms with Crippen molar-refractivity contribution in [1.29, 1.82) is 0 Å². The minimum atomic E-state index is -0.0857. The van der Waals surface area contributed by atoms with Crippen molar-refractivity contribution in [1.82, 2.24) is 5.32 Å². The van der Waals surface area contributed by atoms with Gasteiger partial charge in [0.25, 0.3) is 0 Å². The maximum Gasteiger partial charge on any atom is 0.220 e. The third-order valence-corrected chi connectivity index (χ3v) is 2.28. The standard InChI is InChI=1S/C11H18N2O2/c1-8(7-12)6-11(14)13-9(2)10-4-3-5-15-10/h3-5,8-9H,6-7,12H2,1-2H3,(H,13,14)/t8?,9-/m0/s1. The van der Waals surface area contributed by atoms with Crippen molar-refractivity contribution in [3.05, 3.63) is 24.2 Å². The maximum atomic E-state index is 11.5. The van der Waals surface area contributed by atoms with E-state index in [2.05, 4.69) is 5.32 Å². The van der Waals surface area contributed by atoms with Gasteiger partial charge in [0.2, 0.25) is 5.91 Å². The van der Waals surface area contributed by atoms with E-state index in [4.69, 9.17) is 10.2 Å². The molecule has 1 aromatic rings. The number of nitrogens with two attached hydrogens (primary N) is 1. The van der Waals surface area contributed by atoms with E-state index in [0.717, 1.165) is 5.76 Å².